The maximum Gasteiger partial charge on any atom is 0.240 e. The highest BCUT2D eigenvalue weighted by atomic mass is 35.5. The Morgan fingerprint density at radius 1 is 1.60 bits per heavy atom. The van der Waals surface area contributed by atoms with Gasteiger partial charge in [0.1, 0.15) is 6.10 Å². The van der Waals surface area contributed by atoms with Crippen molar-refractivity contribution < 1.29 is 9.90 Å². The lowest BCUT2D eigenvalue weighted by Gasteiger charge is -2.33. The molecule has 1 aliphatic rings. The van der Waals surface area contributed by atoms with Gasteiger partial charge in [-0.3, -0.25) is 4.79 Å². The van der Waals surface area contributed by atoms with Gasteiger partial charge in [-0.25, -0.2) is 0 Å². The zero-order valence-electron chi connectivity index (χ0n) is 11.3. The van der Waals surface area contributed by atoms with Crippen LogP contribution in [-0.2, 0) is 4.79 Å². The summed E-state index contributed by atoms with van der Waals surface area (Å²) in [5, 5.41) is 16.0. The number of amides is 1. The molecule has 2 unspecified atom stereocenters. The minimum Gasteiger partial charge on any atom is -0.386 e. The van der Waals surface area contributed by atoms with E-state index in [2.05, 4.69) is 10.6 Å². The Morgan fingerprint density at radius 2 is 2.35 bits per heavy atom. The lowest BCUT2D eigenvalue weighted by atomic mass is 9.90. The van der Waals surface area contributed by atoms with Gasteiger partial charge in [0.15, 0.2) is 0 Å². The van der Waals surface area contributed by atoms with E-state index in [0.717, 1.165) is 30.7 Å². The molecular formula is C13H20Cl2N2O2S. The average molecular weight is 339 g/mol. The maximum absolute atomic E-state index is 12.2. The highest BCUT2D eigenvalue weighted by molar-refractivity contribution is 7.16. The van der Waals surface area contributed by atoms with E-state index in [9.17, 15) is 9.90 Å². The number of hydrogen-bond acceptors (Lipinski definition) is 4. The van der Waals surface area contributed by atoms with Crippen LogP contribution in [0.3, 0.4) is 0 Å². The number of hydrogen-bond donors (Lipinski definition) is 3. The molecule has 0 radical (unpaired) electrons. The van der Waals surface area contributed by atoms with Gasteiger partial charge in [-0.05, 0) is 44.9 Å². The van der Waals surface area contributed by atoms with Crippen LogP contribution in [0, 0.1) is 0 Å². The fourth-order valence-corrected chi connectivity index (χ4v) is 3.29. The van der Waals surface area contributed by atoms with Gasteiger partial charge in [0.2, 0.25) is 5.91 Å². The molecule has 0 bridgehead atoms. The van der Waals surface area contributed by atoms with E-state index < -0.39 is 11.6 Å². The van der Waals surface area contributed by atoms with Crippen molar-refractivity contribution in [2.75, 3.05) is 13.1 Å². The third kappa shape index (κ3) is 4.33. The van der Waals surface area contributed by atoms with Crippen LogP contribution < -0.4 is 10.6 Å². The van der Waals surface area contributed by atoms with Crippen LogP contribution in [-0.4, -0.2) is 29.6 Å². The maximum atomic E-state index is 12.2. The molecule has 0 spiro atoms. The minimum absolute atomic E-state index is 0. The van der Waals surface area contributed by atoms with Crippen molar-refractivity contribution in [3.63, 3.8) is 0 Å². The number of rotatable bonds is 4. The number of thiophene rings is 1. The van der Waals surface area contributed by atoms with Gasteiger partial charge in [-0.2, -0.15) is 0 Å². The Labute approximate surface area is 134 Å². The summed E-state index contributed by atoms with van der Waals surface area (Å²) >= 11 is 7.15. The lowest BCUT2D eigenvalue weighted by Crippen LogP contribution is -2.57. The molecule has 1 saturated heterocycles. The van der Waals surface area contributed by atoms with Crippen LogP contribution in [0.1, 0.15) is 37.2 Å². The predicted molar refractivity (Wildman–Crippen MR) is 84.8 cm³/mol. The molecule has 4 nitrogen and oxygen atoms in total. The smallest absolute Gasteiger partial charge is 0.240 e. The summed E-state index contributed by atoms with van der Waals surface area (Å²) in [6.07, 6.45) is 2.30. The van der Waals surface area contributed by atoms with E-state index in [4.69, 9.17) is 11.6 Å². The van der Waals surface area contributed by atoms with Crippen molar-refractivity contribution in [2.24, 2.45) is 0 Å². The normalized spacial score (nSPS) is 23.8. The highest BCUT2D eigenvalue weighted by Gasteiger charge is 2.34. The topological polar surface area (TPSA) is 61.4 Å². The van der Waals surface area contributed by atoms with Gasteiger partial charge < -0.3 is 15.7 Å². The van der Waals surface area contributed by atoms with Crippen molar-refractivity contribution in [1.82, 2.24) is 10.6 Å². The standard InChI is InChI=1S/C13H19ClN2O2S.ClH/c1-13(6-2-3-7-16-13)12(18)15-8-9(17)10-4-5-11(14)19-10;/h4-5,9,16-17H,2-3,6-8H2,1H3,(H,15,18);1H. The van der Waals surface area contributed by atoms with E-state index in [1.807, 2.05) is 6.92 Å². The van der Waals surface area contributed by atoms with E-state index in [1.165, 1.54) is 11.3 Å². The predicted octanol–water partition coefficient (Wildman–Crippen LogP) is 2.51. The molecule has 0 saturated carbocycles. The molecule has 3 N–H and O–H groups in total. The Morgan fingerprint density at radius 3 is 2.90 bits per heavy atom. The molecular weight excluding hydrogens is 319 g/mol. The van der Waals surface area contributed by atoms with Crippen LogP contribution in [0.2, 0.25) is 4.34 Å². The van der Waals surface area contributed by atoms with Crippen molar-refractivity contribution in [3.05, 3.63) is 21.3 Å². The molecule has 1 aliphatic heterocycles. The summed E-state index contributed by atoms with van der Waals surface area (Å²) in [5.41, 5.74) is -0.509. The van der Waals surface area contributed by atoms with Crippen molar-refractivity contribution in [3.8, 4) is 0 Å². The molecule has 0 aromatic carbocycles. The first-order valence-electron chi connectivity index (χ1n) is 6.48. The van der Waals surface area contributed by atoms with Crippen LogP contribution in [0.15, 0.2) is 12.1 Å². The summed E-state index contributed by atoms with van der Waals surface area (Å²) in [6.45, 7) is 3.00. The zero-order chi connectivity index (χ0) is 13.9. The van der Waals surface area contributed by atoms with Gasteiger partial charge in [-0.15, -0.1) is 23.7 Å². The first-order valence-corrected chi connectivity index (χ1v) is 7.67. The molecule has 1 amide bonds. The van der Waals surface area contributed by atoms with Crippen molar-refractivity contribution >= 4 is 41.3 Å². The first kappa shape index (κ1) is 17.7. The molecule has 114 valence electrons. The summed E-state index contributed by atoms with van der Waals surface area (Å²) < 4.78 is 0.640. The number of nitrogens with one attached hydrogen (secondary N) is 2. The number of carbonyl (C=O) groups excluding carboxylic acids is 1. The van der Waals surface area contributed by atoms with Crippen LogP contribution >= 0.6 is 35.3 Å². The summed E-state index contributed by atoms with van der Waals surface area (Å²) in [7, 11) is 0. The Hall–Kier alpha value is -0.330. The van der Waals surface area contributed by atoms with Gasteiger partial charge in [0.25, 0.3) is 0 Å². The zero-order valence-corrected chi connectivity index (χ0v) is 13.7. The Balaban J connectivity index is 0.00000200. The third-order valence-corrected chi connectivity index (χ3v) is 4.83. The summed E-state index contributed by atoms with van der Waals surface area (Å²) in [5.74, 6) is -0.0473. The fourth-order valence-electron chi connectivity index (χ4n) is 2.24. The molecule has 1 fully saturated rings. The van der Waals surface area contributed by atoms with E-state index in [1.54, 1.807) is 12.1 Å². The molecule has 20 heavy (non-hydrogen) atoms. The van der Waals surface area contributed by atoms with Crippen molar-refractivity contribution in [1.29, 1.82) is 0 Å². The molecule has 2 atom stereocenters. The van der Waals surface area contributed by atoms with E-state index in [-0.39, 0.29) is 24.9 Å². The minimum atomic E-state index is -0.700. The fraction of sp³-hybridized carbons (Fsp3) is 0.615. The molecule has 2 heterocycles. The largest absolute Gasteiger partial charge is 0.386 e. The second-order valence-electron chi connectivity index (χ2n) is 5.08. The SMILES string of the molecule is CC1(C(=O)NCC(O)c2ccc(Cl)s2)CCCCN1.Cl. The summed E-state index contributed by atoms with van der Waals surface area (Å²) in [4.78, 5) is 12.9. The van der Waals surface area contributed by atoms with Gasteiger partial charge >= 0.3 is 0 Å². The van der Waals surface area contributed by atoms with Gasteiger partial charge in [-0.1, -0.05) is 11.6 Å². The van der Waals surface area contributed by atoms with E-state index >= 15 is 0 Å². The lowest BCUT2D eigenvalue weighted by molar-refractivity contribution is -0.128. The number of piperidine rings is 1. The number of aliphatic hydroxyl groups is 1. The third-order valence-electron chi connectivity index (χ3n) is 3.50. The summed E-state index contributed by atoms with van der Waals surface area (Å²) in [6, 6.07) is 3.53. The molecule has 1 aromatic heterocycles. The van der Waals surface area contributed by atoms with Crippen molar-refractivity contribution in [2.45, 2.75) is 37.8 Å². The number of aliphatic hydroxyl groups excluding tert-OH is 1. The van der Waals surface area contributed by atoms with Crippen LogP contribution in [0.5, 0.6) is 0 Å². The Bertz CT molecular complexity index is 447. The van der Waals surface area contributed by atoms with E-state index in [0.29, 0.717) is 4.34 Å². The van der Waals surface area contributed by atoms with Gasteiger partial charge in [0, 0.05) is 11.4 Å². The molecule has 2 rings (SSSR count). The van der Waals surface area contributed by atoms with Gasteiger partial charge in [0.05, 0.1) is 9.88 Å². The molecule has 0 aliphatic carbocycles. The quantitative estimate of drug-likeness (QED) is 0.790. The Kier molecular flexibility index (Phi) is 6.75. The molecule has 7 heteroatoms. The monoisotopic (exact) mass is 338 g/mol. The average Bonchev–Trinajstić information content (AvgIpc) is 2.83. The second kappa shape index (κ2) is 7.61. The van der Waals surface area contributed by atoms with Crippen LogP contribution in [0.25, 0.3) is 0 Å². The second-order valence-corrected chi connectivity index (χ2v) is 6.83. The number of carbonyl (C=O) groups is 1. The number of halogens is 2. The molecule has 1 aromatic rings. The highest BCUT2D eigenvalue weighted by Crippen LogP contribution is 2.26. The van der Waals surface area contributed by atoms with Crippen LogP contribution in [0.4, 0.5) is 0 Å². The first-order chi connectivity index (χ1) is 9.01.